The minimum atomic E-state index is 0.00622. The molecule has 0 saturated heterocycles. The maximum atomic E-state index is 9.68. The average molecular weight is 248 g/mol. The quantitative estimate of drug-likeness (QED) is 0.888. The van der Waals surface area contributed by atoms with Gasteiger partial charge in [0.1, 0.15) is 5.75 Å². The Morgan fingerprint density at radius 1 is 1.28 bits per heavy atom. The summed E-state index contributed by atoms with van der Waals surface area (Å²) in [7, 11) is 1.72. The first-order valence-electron chi connectivity index (χ1n) is 6.73. The largest absolute Gasteiger partial charge is 0.496 e. The first kappa shape index (κ1) is 13.4. The van der Waals surface area contributed by atoms with Crippen molar-refractivity contribution in [2.75, 3.05) is 13.7 Å². The van der Waals surface area contributed by atoms with Crippen LogP contribution in [0.1, 0.15) is 51.2 Å². The summed E-state index contributed by atoms with van der Waals surface area (Å²) in [5.41, 5.74) is 2.55. The average Bonchev–Trinajstić information content (AvgIpc) is 2.27. The van der Waals surface area contributed by atoms with Gasteiger partial charge in [0.15, 0.2) is 0 Å². The lowest BCUT2D eigenvalue weighted by Crippen LogP contribution is -2.38. The van der Waals surface area contributed by atoms with Crippen LogP contribution in [-0.4, -0.2) is 18.8 Å². The Morgan fingerprint density at radius 3 is 2.33 bits per heavy atom. The molecular weight excluding hydrogens is 224 g/mol. The fourth-order valence-electron chi connectivity index (χ4n) is 2.77. The third-order valence-corrected chi connectivity index (χ3v) is 4.23. The first-order valence-corrected chi connectivity index (χ1v) is 6.73. The summed E-state index contributed by atoms with van der Waals surface area (Å²) in [5.74, 6) is 0.943. The van der Waals surface area contributed by atoms with E-state index in [-0.39, 0.29) is 17.4 Å². The topological polar surface area (TPSA) is 29.5 Å². The van der Waals surface area contributed by atoms with E-state index in [2.05, 4.69) is 32.9 Å². The Labute approximate surface area is 110 Å². The van der Waals surface area contributed by atoms with Crippen molar-refractivity contribution >= 4 is 0 Å². The molecule has 0 aliphatic heterocycles. The SMILES string of the molecule is COc1ccc(C2(CO)CCC2)cc1C(C)(C)C. The zero-order valence-electron chi connectivity index (χ0n) is 11.9. The van der Waals surface area contributed by atoms with Crippen LogP contribution in [0.5, 0.6) is 5.75 Å². The van der Waals surface area contributed by atoms with Crippen LogP contribution in [0.2, 0.25) is 0 Å². The molecular formula is C16H24O2. The standard InChI is InChI=1S/C16H24O2/c1-15(2,3)13-10-12(6-7-14(13)18-4)16(11-17)8-5-9-16/h6-7,10,17H,5,8-9,11H2,1-4H3. The van der Waals surface area contributed by atoms with Gasteiger partial charge in [0.2, 0.25) is 0 Å². The number of methoxy groups -OCH3 is 1. The van der Waals surface area contributed by atoms with Crippen LogP contribution in [0.25, 0.3) is 0 Å². The van der Waals surface area contributed by atoms with Gasteiger partial charge in [-0.05, 0) is 35.4 Å². The Kier molecular flexibility index (Phi) is 3.41. The number of rotatable bonds is 3. The molecule has 0 bridgehead atoms. The molecule has 0 unspecified atom stereocenters. The molecule has 0 radical (unpaired) electrons. The Hall–Kier alpha value is -1.02. The fraction of sp³-hybridized carbons (Fsp3) is 0.625. The monoisotopic (exact) mass is 248 g/mol. The summed E-state index contributed by atoms with van der Waals surface area (Å²) in [5, 5.41) is 9.68. The number of aliphatic hydroxyl groups excluding tert-OH is 1. The highest BCUT2D eigenvalue weighted by Gasteiger charge is 2.38. The third-order valence-electron chi connectivity index (χ3n) is 4.23. The van der Waals surface area contributed by atoms with Crippen molar-refractivity contribution in [3.63, 3.8) is 0 Å². The van der Waals surface area contributed by atoms with Gasteiger partial charge in [-0.25, -0.2) is 0 Å². The highest BCUT2D eigenvalue weighted by Crippen LogP contribution is 2.45. The second kappa shape index (κ2) is 4.58. The van der Waals surface area contributed by atoms with Gasteiger partial charge < -0.3 is 9.84 Å². The van der Waals surface area contributed by atoms with Crippen molar-refractivity contribution in [2.24, 2.45) is 0 Å². The van der Waals surface area contributed by atoms with Crippen molar-refractivity contribution < 1.29 is 9.84 Å². The molecule has 1 aromatic rings. The van der Waals surface area contributed by atoms with Gasteiger partial charge in [0, 0.05) is 5.41 Å². The number of aliphatic hydroxyl groups is 1. The maximum Gasteiger partial charge on any atom is 0.122 e. The van der Waals surface area contributed by atoms with Gasteiger partial charge in [0.25, 0.3) is 0 Å². The number of benzene rings is 1. The molecule has 2 rings (SSSR count). The summed E-state index contributed by atoms with van der Waals surface area (Å²) in [6.07, 6.45) is 3.41. The van der Waals surface area contributed by atoms with E-state index in [4.69, 9.17) is 4.74 Å². The molecule has 0 heterocycles. The van der Waals surface area contributed by atoms with E-state index in [0.717, 1.165) is 18.6 Å². The highest BCUT2D eigenvalue weighted by atomic mass is 16.5. The second-order valence-electron chi connectivity index (χ2n) is 6.46. The van der Waals surface area contributed by atoms with E-state index >= 15 is 0 Å². The van der Waals surface area contributed by atoms with Gasteiger partial charge in [0.05, 0.1) is 13.7 Å². The molecule has 0 aromatic heterocycles. The van der Waals surface area contributed by atoms with Crippen LogP contribution in [0.15, 0.2) is 18.2 Å². The molecule has 1 aromatic carbocycles. The van der Waals surface area contributed by atoms with E-state index in [0.29, 0.717) is 0 Å². The molecule has 0 amide bonds. The fourth-order valence-corrected chi connectivity index (χ4v) is 2.77. The molecule has 0 spiro atoms. The molecule has 2 nitrogen and oxygen atoms in total. The van der Waals surface area contributed by atoms with Crippen molar-refractivity contribution in [3.8, 4) is 5.75 Å². The minimum Gasteiger partial charge on any atom is -0.496 e. The summed E-state index contributed by atoms with van der Waals surface area (Å²) < 4.78 is 5.46. The molecule has 1 N–H and O–H groups in total. The Morgan fingerprint density at radius 2 is 1.94 bits per heavy atom. The van der Waals surface area contributed by atoms with Crippen molar-refractivity contribution in [3.05, 3.63) is 29.3 Å². The first-order chi connectivity index (χ1) is 8.43. The lowest BCUT2D eigenvalue weighted by molar-refractivity contribution is 0.120. The van der Waals surface area contributed by atoms with Crippen LogP contribution in [0, 0.1) is 0 Å². The minimum absolute atomic E-state index is 0.00622. The zero-order chi connectivity index (χ0) is 13.4. The summed E-state index contributed by atoms with van der Waals surface area (Å²) in [6, 6.07) is 6.39. The number of hydrogen-bond acceptors (Lipinski definition) is 2. The van der Waals surface area contributed by atoms with Crippen LogP contribution < -0.4 is 4.74 Å². The molecule has 1 aliphatic carbocycles. The van der Waals surface area contributed by atoms with Crippen molar-refractivity contribution in [2.45, 2.75) is 50.9 Å². The van der Waals surface area contributed by atoms with E-state index in [1.165, 1.54) is 17.5 Å². The van der Waals surface area contributed by atoms with Crippen molar-refractivity contribution in [1.82, 2.24) is 0 Å². The third kappa shape index (κ3) is 2.14. The number of hydrogen-bond donors (Lipinski definition) is 1. The van der Waals surface area contributed by atoms with E-state index in [1.54, 1.807) is 7.11 Å². The highest BCUT2D eigenvalue weighted by molar-refractivity contribution is 5.44. The molecule has 1 aliphatic rings. The van der Waals surface area contributed by atoms with Gasteiger partial charge in [-0.1, -0.05) is 39.3 Å². The predicted octanol–water partition coefficient (Wildman–Crippen LogP) is 3.41. The van der Waals surface area contributed by atoms with Gasteiger partial charge in [-0.2, -0.15) is 0 Å². The molecule has 1 saturated carbocycles. The molecule has 2 heteroatoms. The summed E-state index contributed by atoms with van der Waals surface area (Å²) in [4.78, 5) is 0. The van der Waals surface area contributed by atoms with E-state index < -0.39 is 0 Å². The predicted molar refractivity (Wildman–Crippen MR) is 74.3 cm³/mol. The molecule has 0 atom stereocenters. The smallest absolute Gasteiger partial charge is 0.122 e. The zero-order valence-corrected chi connectivity index (χ0v) is 11.9. The second-order valence-corrected chi connectivity index (χ2v) is 6.46. The van der Waals surface area contributed by atoms with Gasteiger partial charge in [-0.3, -0.25) is 0 Å². The van der Waals surface area contributed by atoms with E-state index in [1.807, 2.05) is 6.07 Å². The van der Waals surface area contributed by atoms with E-state index in [9.17, 15) is 5.11 Å². The normalized spacial score (nSPS) is 18.3. The van der Waals surface area contributed by atoms with Crippen molar-refractivity contribution in [1.29, 1.82) is 0 Å². The summed E-state index contributed by atoms with van der Waals surface area (Å²) in [6.45, 7) is 6.84. The molecule has 1 fully saturated rings. The van der Waals surface area contributed by atoms with Crippen LogP contribution in [-0.2, 0) is 10.8 Å². The number of ether oxygens (including phenoxy) is 1. The lowest BCUT2D eigenvalue weighted by atomic mass is 9.64. The Bertz CT molecular complexity index is 420. The maximum absolute atomic E-state index is 9.68. The van der Waals surface area contributed by atoms with Crippen LogP contribution in [0.4, 0.5) is 0 Å². The van der Waals surface area contributed by atoms with Crippen LogP contribution in [0.3, 0.4) is 0 Å². The lowest BCUT2D eigenvalue weighted by Gasteiger charge is -2.41. The molecule has 100 valence electrons. The summed E-state index contributed by atoms with van der Waals surface area (Å²) >= 11 is 0. The van der Waals surface area contributed by atoms with Crippen LogP contribution >= 0.6 is 0 Å². The Balaban J connectivity index is 2.46. The molecule has 18 heavy (non-hydrogen) atoms. The van der Waals surface area contributed by atoms with Gasteiger partial charge in [-0.15, -0.1) is 0 Å². The van der Waals surface area contributed by atoms with Gasteiger partial charge >= 0.3 is 0 Å².